The van der Waals surface area contributed by atoms with Gasteiger partial charge in [0.05, 0.1) is 19.2 Å². The predicted octanol–water partition coefficient (Wildman–Crippen LogP) is 2.15. The predicted molar refractivity (Wildman–Crippen MR) is 50.2 cm³/mol. The standard InChI is InChI=1S/C10H10F5NO/c11-7-2-1-6(3-8(7)12)9(4-17)16-5-10(13,14)15/h1-3,9,16-17H,4-5H2. The minimum atomic E-state index is -4.44. The summed E-state index contributed by atoms with van der Waals surface area (Å²) in [5.41, 5.74) is 0.0515. The van der Waals surface area contributed by atoms with Crippen molar-refractivity contribution < 1.29 is 27.1 Å². The Hall–Kier alpha value is -1.21. The van der Waals surface area contributed by atoms with Crippen molar-refractivity contribution in [1.29, 1.82) is 0 Å². The van der Waals surface area contributed by atoms with Gasteiger partial charge in [0.25, 0.3) is 0 Å². The molecule has 1 atom stereocenters. The van der Waals surface area contributed by atoms with E-state index >= 15 is 0 Å². The Morgan fingerprint density at radius 1 is 1.18 bits per heavy atom. The molecule has 0 saturated carbocycles. The Bertz CT molecular complexity index is 379. The van der Waals surface area contributed by atoms with Gasteiger partial charge < -0.3 is 5.11 Å². The minimum absolute atomic E-state index is 0.0515. The zero-order valence-electron chi connectivity index (χ0n) is 8.56. The van der Waals surface area contributed by atoms with Crippen molar-refractivity contribution in [1.82, 2.24) is 5.32 Å². The summed E-state index contributed by atoms with van der Waals surface area (Å²) in [6.07, 6.45) is -4.44. The van der Waals surface area contributed by atoms with E-state index in [1.165, 1.54) is 0 Å². The van der Waals surface area contributed by atoms with Crippen LogP contribution in [0.5, 0.6) is 0 Å². The number of benzene rings is 1. The van der Waals surface area contributed by atoms with Crippen LogP contribution in [-0.2, 0) is 0 Å². The number of halogens is 5. The Morgan fingerprint density at radius 3 is 2.29 bits per heavy atom. The van der Waals surface area contributed by atoms with Crippen LogP contribution in [0, 0.1) is 11.6 Å². The molecule has 0 aliphatic heterocycles. The van der Waals surface area contributed by atoms with Gasteiger partial charge in [-0.2, -0.15) is 13.2 Å². The number of aliphatic hydroxyl groups excluding tert-OH is 1. The van der Waals surface area contributed by atoms with Crippen LogP contribution in [0.2, 0.25) is 0 Å². The highest BCUT2D eigenvalue weighted by atomic mass is 19.4. The highest BCUT2D eigenvalue weighted by Gasteiger charge is 2.28. The summed E-state index contributed by atoms with van der Waals surface area (Å²) in [7, 11) is 0. The fourth-order valence-electron chi connectivity index (χ4n) is 1.26. The van der Waals surface area contributed by atoms with E-state index in [0.29, 0.717) is 0 Å². The second kappa shape index (κ2) is 5.42. The maximum Gasteiger partial charge on any atom is 0.401 e. The van der Waals surface area contributed by atoms with Crippen molar-refractivity contribution in [3.63, 3.8) is 0 Å². The van der Waals surface area contributed by atoms with Gasteiger partial charge in [0.1, 0.15) is 0 Å². The van der Waals surface area contributed by atoms with Gasteiger partial charge in [-0.15, -0.1) is 0 Å². The molecule has 1 aromatic rings. The molecule has 17 heavy (non-hydrogen) atoms. The van der Waals surface area contributed by atoms with Crippen molar-refractivity contribution in [2.45, 2.75) is 12.2 Å². The molecule has 0 aliphatic carbocycles. The fourth-order valence-corrected chi connectivity index (χ4v) is 1.26. The summed E-state index contributed by atoms with van der Waals surface area (Å²) >= 11 is 0. The molecule has 1 aromatic carbocycles. The molecule has 96 valence electrons. The van der Waals surface area contributed by atoms with Crippen LogP contribution in [0.15, 0.2) is 18.2 Å². The summed E-state index contributed by atoms with van der Waals surface area (Å²) in [6, 6.07) is 1.57. The van der Waals surface area contributed by atoms with Gasteiger partial charge in [0, 0.05) is 0 Å². The van der Waals surface area contributed by atoms with Crippen LogP contribution in [0.25, 0.3) is 0 Å². The molecular formula is C10H10F5NO. The second-order valence-electron chi connectivity index (χ2n) is 3.40. The van der Waals surface area contributed by atoms with Crippen LogP contribution < -0.4 is 5.32 Å². The van der Waals surface area contributed by atoms with E-state index in [1.54, 1.807) is 0 Å². The van der Waals surface area contributed by atoms with E-state index in [2.05, 4.69) is 0 Å². The first-order chi connectivity index (χ1) is 7.83. The molecular weight excluding hydrogens is 245 g/mol. The lowest BCUT2D eigenvalue weighted by atomic mass is 10.1. The number of rotatable bonds is 4. The summed E-state index contributed by atoms with van der Waals surface area (Å²) in [5.74, 6) is -2.27. The van der Waals surface area contributed by atoms with E-state index in [9.17, 15) is 22.0 Å². The Morgan fingerprint density at radius 2 is 1.82 bits per heavy atom. The quantitative estimate of drug-likeness (QED) is 0.808. The van der Waals surface area contributed by atoms with E-state index in [1.807, 2.05) is 5.32 Å². The van der Waals surface area contributed by atoms with Crippen LogP contribution >= 0.6 is 0 Å². The summed E-state index contributed by atoms with van der Waals surface area (Å²) in [6.45, 7) is -1.97. The first-order valence-electron chi connectivity index (χ1n) is 4.69. The van der Waals surface area contributed by atoms with Gasteiger partial charge in [-0.05, 0) is 17.7 Å². The molecule has 7 heteroatoms. The molecule has 0 bridgehead atoms. The molecule has 0 amide bonds. The van der Waals surface area contributed by atoms with Gasteiger partial charge >= 0.3 is 6.18 Å². The first-order valence-corrected chi connectivity index (χ1v) is 4.69. The van der Waals surface area contributed by atoms with Gasteiger partial charge in [0.15, 0.2) is 11.6 Å². The zero-order chi connectivity index (χ0) is 13.1. The molecule has 0 spiro atoms. The average Bonchev–Trinajstić information content (AvgIpc) is 2.22. The van der Waals surface area contributed by atoms with Crippen molar-refractivity contribution in [2.24, 2.45) is 0 Å². The fraction of sp³-hybridized carbons (Fsp3) is 0.400. The Balaban J connectivity index is 2.76. The van der Waals surface area contributed by atoms with Gasteiger partial charge in [-0.25, -0.2) is 8.78 Å². The average molecular weight is 255 g/mol. The van der Waals surface area contributed by atoms with E-state index in [-0.39, 0.29) is 5.56 Å². The van der Waals surface area contributed by atoms with Crippen LogP contribution in [0.1, 0.15) is 11.6 Å². The highest BCUT2D eigenvalue weighted by molar-refractivity contribution is 5.21. The lowest BCUT2D eigenvalue weighted by Gasteiger charge is -2.18. The largest absolute Gasteiger partial charge is 0.401 e. The summed E-state index contributed by atoms with van der Waals surface area (Å²) in [5, 5.41) is 10.9. The first kappa shape index (κ1) is 13.9. The number of hydrogen-bond acceptors (Lipinski definition) is 2. The molecule has 0 saturated heterocycles. The van der Waals surface area contributed by atoms with Gasteiger partial charge in [0.2, 0.25) is 0 Å². The molecule has 1 unspecified atom stereocenters. The molecule has 0 radical (unpaired) electrons. The lowest BCUT2D eigenvalue weighted by Crippen LogP contribution is -2.33. The monoisotopic (exact) mass is 255 g/mol. The van der Waals surface area contributed by atoms with Crippen molar-refractivity contribution in [3.8, 4) is 0 Å². The molecule has 0 aliphatic rings. The third kappa shape index (κ3) is 4.27. The topological polar surface area (TPSA) is 32.3 Å². The minimum Gasteiger partial charge on any atom is -0.394 e. The van der Waals surface area contributed by atoms with E-state index in [4.69, 9.17) is 5.11 Å². The molecule has 0 aromatic heterocycles. The summed E-state index contributed by atoms with van der Waals surface area (Å²) in [4.78, 5) is 0. The maximum atomic E-state index is 12.8. The molecule has 0 heterocycles. The number of nitrogens with one attached hydrogen (secondary N) is 1. The SMILES string of the molecule is OCC(NCC(F)(F)F)c1ccc(F)c(F)c1. The van der Waals surface area contributed by atoms with Crippen molar-refractivity contribution in [3.05, 3.63) is 35.4 Å². The molecule has 0 fully saturated rings. The van der Waals surface area contributed by atoms with E-state index in [0.717, 1.165) is 18.2 Å². The third-order valence-corrected chi connectivity index (χ3v) is 2.08. The number of aliphatic hydroxyl groups is 1. The normalized spacial score (nSPS) is 13.8. The van der Waals surface area contributed by atoms with Crippen LogP contribution in [0.4, 0.5) is 22.0 Å². The molecule has 2 N–H and O–H groups in total. The molecule has 2 nitrogen and oxygen atoms in total. The van der Waals surface area contributed by atoms with Gasteiger partial charge in [-0.3, -0.25) is 5.32 Å². The Labute approximate surface area is 94.1 Å². The van der Waals surface area contributed by atoms with Crippen molar-refractivity contribution >= 4 is 0 Å². The third-order valence-electron chi connectivity index (χ3n) is 2.08. The van der Waals surface area contributed by atoms with E-state index < -0.39 is 37.0 Å². The van der Waals surface area contributed by atoms with Crippen molar-refractivity contribution in [2.75, 3.05) is 13.2 Å². The second-order valence-corrected chi connectivity index (χ2v) is 3.40. The molecule has 1 rings (SSSR count). The van der Waals surface area contributed by atoms with Crippen LogP contribution in [-0.4, -0.2) is 24.4 Å². The number of hydrogen-bond donors (Lipinski definition) is 2. The smallest absolute Gasteiger partial charge is 0.394 e. The van der Waals surface area contributed by atoms with Gasteiger partial charge in [-0.1, -0.05) is 6.07 Å². The highest BCUT2D eigenvalue weighted by Crippen LogP contribution is 2.19. The Kier molecular flexibility index (Phi) is 4.41. The lowest BCUT2D eigenvalue weighted by molar-refractivity contribution is -0.126. The number of alkyl halides is 3. The summed E-state index contributed by atoms with van der Waals surface area (Å²) < 4.78 is 61.2. The maximum absolute atomic E-state index is 12.8. The zero-order valence-corrected chi connectivity index (χ0v) is 8.56. The van der Waals surface area contributed by atoms with Crippen LogP contribution in [0.3, 0.4) is 0 Å².